The minimum Gasteiger partial charge on any atom is -0.353 e. The summed E-state index contributed by atoms with van der Waals surface area (Å²) in [6.45, 7) is 5.01. The van der Waals surface area contributed by atoms with Gasteiger partial charge in [-0.15, -0.1) is 11.3 Å². The fourth-order valence-corrected chi connectivity index (χ4v) is 2.79. The van der Waals surface area contributed by atoms with Gasteiger partial charge in [-0.05, 0) is 36.4 Å². The molecule has 0 aliphatic carbocycles. The molecule has 0 bridgehead atoms. The standard InChI is InChI=1S/C16H20N2OS/c1-12(2)18-16(19)10-17-9-15-8-14(11-20-15)13-6-4-3-5-7-13/h3-8,11-12,17H,9-10H2,1-2H3,(H,18,19). The maximum absolute atomic E-state index is 11.5. The van der Waals surface area contributed by atoms with Gasteiger partial charge in [0, 0.05) is 17.5 Å². The SMILES string of the molecule is CC(C)NC(=O)CNCc1cc(-c2ccccc2)cs1. The Morgan fingerprint density at radius 1 is 1.20 bits per heavy atom. The average Bonchev–Trinajstić information content (AvgIpc) is 2.88. The van der Waals surface area contributed by atoms with E-state index in [9.17, 15) is 4.79 Å². The first-order valence-electron chi connectivity index (χ1n) is 6.78. The summed E-state index contributed by atoms with van der Waals surface area (Å²) in [5.41, 5.74) is 2.46. The molecule has 1 aromatic heterocycles. The molecule has 0 radical (unpaired) electrons. The van der Waals surface area contributed by atoms with Crippen molar-refractivity contribution in [1.29, 1.82) is 0 Å². The van der Waals surface area contributed by atoms with Crippen molar-refractivity contribution < 1.29 is 4.79 Å². The summed E-state index contributed by atoms with van der Waals surface area (Å²) in [7, 11) is 0. The Morgan fingerprint density at radius 2 is 1.95 bits per heavy atom. The van der Waals surface area contributed by atoms with Crippen molar-refractivity contribution in [1.82, 2.24) is 10.6 Å². The lowest BCUT2D eigenvalue weighted by molar-refractivity contribution is -0.120. The van der Waals surface area contributed by atoms with Gasteiger partial charge in [-0.25, -0.2) is 0 Å². The molecule has 106 valence electrons. The first kappa shape index (κ1) is 14.8. The molecule has 1 aromatic carbocycles. The number of nitrogens with one attached hydrogen (secondary N) is 2. The van der Waals surface area contributed by atoms with E-state index in [-0.39, 0.29) is 11.9 Å². The van der Waals surface area contributed by atoms with Crippen LogP contribution in [0.4, 0.5) is 0 Å². The number of benzene rings is 1. The van der Waals surface area contributed by atoms with Crippen molar-refractivity contribution in [2.24, 2.45) is 0 Å². The number of hydrogen-bond acceptors (Lipinski definition) is 3. The molecule has 0 saturated heterocycles. The molecule has 0 unspecified atom stereocenters. The Morgan fingerprint density at radius 3 is 2.65 bits per heavy atom. The molecule has 1 heterocycles. The molecule has 3 nitrogen and oxygen atoms in total. The largest absolute Gasteiger partial charge is 0.353 e. The van der Waals surface area contributed by atoms with Crippen LogP contribution in [0, 0.1) is 0 Å². The Bertz CT molecular complexity index is 549. The maximum atomic E-state index is 11.5. The highest BCUT2D eigenvalue weighted by Gasteiger charge is 2.04. The Labute approximate surface area is 124 Å². The third-order valence-corrected chi connectivity index (χ3v) is 3.73. The van der Waals surface area contributed by atoms with E-state index < -0.39 is 0 Å². The van der Waals surface area contributed by atoms with E-state index in [0.717, 1.165) is 6.54 Å². The summed E-state index contributed by atoms with van der Waals surface area (Å²) in [5.74, 6) is 0.0415. The highest BCUT2D eigenvalue weighted by atomic mass is 32.1. The highest BCUT2D eigenvalue weighted by Crippen LogP contribution is 2.25. The zero-order valence-corrected chi connectivity index (χ0v) is 12.7. The molecular weight excluding hydrogens is 268 g/mol. The van der Waals surface area contributed by atoms with Crippen LogP contribution >= 0.6 is 11.3 Å². The topological polar surface area (TPSA) is 41.1 Å². The maximum Gasteiger partial charge on any atom is 0.234 e. The van der Waals surface area contributed by atoms with Crippen LogP contribution in [0.2, 0.25) is 0 Å². The Kier molecular flexibility index (Phi) is 5.32. The Hall–Kier alpha value is -1.65. The molecule has 0 aliphatic heterocycles. The van der Waals surface area contributed by atoms with Gasteiger partial charge in [0.05, 0.1) is 6.54 Å². The quantitative estimate of drug-likeness (QED) is 0.858. The molecule has 4 heteroatoms. The average molecular weight is 288 g/mol. The third kappa shape index (κ3) is 4.47. The third-order valence-electron chi connectivity index (χ3n) is 2.80. The van der Waals surface area contributed by atoms with E-state index in [1.165, 1.54) is 16.0 Å². The van der Waals surface area contributed by atoms with Gasteiger partial charge in [0.25, 0.3) is 0 Å². The molecule has 2 N–H and O–H groups in total. The van der Waals surface area contributed by atoms with Gasteiger partial charge in [0.15, 0.2) is 0 Å². The first-order chi connectivity index (χ1) is 9.65. The van der Waals surface area contributed by atoms with Crippen molar-refractivity contribution in [3.63, 3.8) is 0 Å². The number of amides is 1. The number of hydrogen-bond donors (Lipinski definition) is 2. The van der Waals surface area contributed by atoms with Crippen LogP contribution in [0.25, 0.3) is 11.1 Å². The second-order valence-corrected chi connectivity index (χ2v) is 5.99. The lowest BCUT2D eigenvalue weighted by Gasteiger charge is -2.08. The van der Waals surface area contributed by atoms with E-state index in [4.69, 9.17) is 0 Å². The minimum atomic E-state index is 0.0415. The smallest absolute Gasteiger partial charge is 0.234 e. The van der Waals surface area contributed by atoms with Gasteiger partial charge >= 0.3 is 0 Å². The fraction of sp³-hybridized carbons (Fsp3) is 0.312. The predicted molar refractivity (Wildman–Crippen MR) is 84.7 cm³/mol. The molecule has 0 atom stereocenters. The molecule has 1 amide bonds. The van der Waals surface area contributed by atoms with Crippen molar-refractivity contribution in [3.05, 3.63) is 46.7 Å². The van der Waals surface area contributed by atoms with Gasteiger partial charge in [0.2, 0.25) is 5.91 Å². The second-order valence-electron chi connectivity index (χ2n) is 4.99. The predicted octanol–water partition coefficient (Wildman–Crippen LogP) is 3.03. The second kappa shape index (κ2) is 7.22. The normalized spacial score (nSPS) is 10.8. The van der Waals surface area contributed by atoms with E-state index >= 15 is 0 Å². The Balaban J connectivity index is 1.83. The van der Waals surface area contributed by atoms with E-state index in [0.29, 0.717) is 6.54 Å². The van der Waals surface area contributed by atoms with E-state index in [1.807, 2.05) is 32.0 Å². The van der Waals surface area contributed by atoms with Crippen LogP contribution in [0.1, 0.15) is 18.7 Å². The lowest BCUT2D eigenvalue weighted by Crippen LogP contribution is -2.37. The highest BCUT2D eigenvalue weighted by molar-refractivity contribution is 7.10. The number of thiophene rings is 1. The summed E-state index contributed by atoms with van der Waals surface area (Å²) in [6, 6.07) is 12.7. The van der Waals surface area contributed by atoms with Gasteiger partial charge in [-0.2, -0.15) is 0 Å². The molecule has 0 fully saturated rings. The number of carbonyl (C=O) groups is 1. The minimum absolute atomic E-state index is 0.0415. The van der Waals surface area contributed by atoms with Crippen LogP contribution in [-0.2, 0) is 11.3 Å². The monoisotopic (exact) mass is 288 g/mol. The van der Waals surface area contributed by atoms with Crippen molar-refractivity contribution >= 4 is 17.2 Å². The number of carbonyl (C=O) groups excluding carboxylic acids is 1. The van der Waals surface area contributed by atoms with Crippen LogP contribution in [-0.4, -0.2) is 18.5 Å². The van der Waals surface area contributed by atoms with Crippen molar-refractivity contribution in [3.8, 4) is 11.1 Å². The van der Waals surface area contributed by atoms with Gasteiger partial charge in [-0.1, -0.05) is 30.3 Å². The molecule has 2 aromatic rings. The molecule has 0 spiro atoms. The summed E-state index contributed by atoms with van der Waals surface area (Å²) in [5, 5.41) is 8.19. The molecule has 20 heavy (non-hydrogen) atoms. The summed E-state index contributed by atoms with van der Waals surface area (Å²) < 4.78 is 0. The van der Waals surface area contributed by atoms with Gasteiger partial charge < -0.3 is 10.6 Å². The molecule has 0 aliphatic rings. The fourth-order valence-electron chi connectivity index (χ4n) is 1.93. The van der Waals surface area contributed by atoms with Gasteiger partial charge in [0.1, 0.15) is 0 Å². The van der Waals surface area contributed by atoms with Crippen LogP contribution in [0.15, 0.2) is 41.8 Å². The van der Waals surface area contributed by atoms with Crippen molar-refractivity contribution in [2.45, 2.75) is 26.4 Å². The summed E-state index contributed by atoms with van der Waals surface area (Å²) >= 11 is 1.72. The molecule has 0 saturated carbocycles. The summed E-state index contributed by atoms with van der Waals surface area (Å²) in [6.07, 6.45) is 0. The lowest BCUT2D eigenvalue weighted by atomic mass is 10.1. The van der Waals surface area contributed by atoms with E-state index in [1.54, 1.807) is 11.3 Å². The number of rotatable bonds is 6. The molecular formula is C16H20N2OS. The van der Waals surface area contributed by atoms with Crippen molar-refractivity contribution in [2.75, 3.05) is 6.54 Å². The summed E-state index contributed by atoms with van der Waals surface area (Å²) in [4.78, 5) is 12.7. The molecule has 2 rings (SSSR count). The van der Waals surface area contributed by atoms with Gasteiger partial charge in [-0.3, -0.25) is 4.79 Å². The zero-order chi connectivity index (χ0) is 14.4. The van der Waals surface area contributed by atoms with Crippen LogP contribution in [0.3, 0.4) is 0 Å². The first-order valence-corrected chi connectivity index (χ1v) is 7.66. The van der Waals surface area contributed by atoms with E-state index in [2.05, 4.69) is 34.2 Å². The van der Waals surface area contributed by atoms with Crippen LogP contribution < -0.4 is 10.6 Å². The van der Waals surface area contributed by atoms with Crippen LogP contribution in [0.5, 0.6) is 0 Å². The zero-order valence-electron chi connectivity index (χ0n) is 11.8.